The first-order valence-electron chi connectivity index (χ1n) is 11.3. The number of nitrogens with one attached hydrogen (secondary N) is 1. The maximum atomic E-state index is 13.6. The Kier molecular flexibility index (Phi) is 6.56. The summed E-state index contributed by atoms with van der Waals surface area (Å²) >= 11 is 0. The number of sulfone groups is 1. The summed E-state index contributed by atoms with van der Waals surface area (Å²) in [6.45, 7) is 7.65. The van der Waals surface area contributed by atoms with E-state index in [1.54, 1.807) is 11.8 Å². The first kappa shape index (κ1) is 23.4. The number of anilines is 2. The zero-order valence-corrected chi connectivity index (χ0v) is 20.0. The predicted molar refractivity (Wildman–Crippen MR) is 124 cm³/mol. The second-order valence-corrected chi connectivity index (χ2v) is 11.2. The summed E-state index contributed by atoms with van der Waals surface area (Å²) in [5.41, 5.74) is 1.68. The Morgan fingerprint density at radius 3 is 2.52 bits per heavy atom. The highest BCUT2D eigenvalue weighted by molar-refractivity contribution is 7.92. The number of benzene rings is 1. The van der Waals surface area contributed by atoms with Gasteiger partial charge in [-0.2, -0.15) is 0 Å². The van der Waals surface area contributed by atoms with Gasteiger partial charge in [0.1, 0.15) is 5.82 Å². The fraction of sp³-hybridized carbons (Fsp3) is 0.522. The summed E-state index contributed by atoms with van der Waals surface area (Å²) in [6.07, 6.45) is 1.49. The number of nitrogens with zero attached hydrogens (tertiary/aromatic N) is 4. The summed E-state index contributed by atoms with van der Waals surface area (Å²) < 4.78 is 39.6. The largest absolute Gasteiger partial charge is 0.365 e. The molecule has 0 spiro atoms. The van der Waals surface area contributed by atoms with E-state index >= 15 is 0 Å². The van der Waals surface area contributed by atoms with Gasteiger partial charge in [-0.05, 0) is 44.9 Å². The van der Waals surface area contributed by atoms with Crippen molar-refractivity contribution in [1.29, 1.82) is 0 Å². The fourth-order valence-electron chi connectivity index (χ4n) is 4.40. The van der Waals surface area contributed by atoms with Gasteiger partial charge in [0.05, 0.1) is 28.1 Å². The SMILES string of the molecule is CC(=O)N1CCc2nc(NC(C)C)c(N3CCC(S(=O)(=O)c4cccc(F)c4)CC3)nc2C1. The van der Waals surface area contributed by atoms with Crippen molar-refractivity contribution >= 4 is 27.4 Å². The van der Waals surface area contributed by atoms with Crippen molar-refractivity contribution in [2.24, 2.45) is 0 Å². The van der Waals surface area contributed by atoms with Crippen molar-refractivity contribution in [3.63, 3.8) is 0 Å². The van der Waals surface area contributed by atoms with E-state index in [-0.39, 0.29) is 16.8 Å². The first-order valence-corrected chi connectivity index (χ1v) is 12.9. The summed E-state index contributed by atoms with van der Waals surface area (Å²) in [7, 11) is -3.61. The summed E-state index contributed by atoms with van der Waals surface area (Å²) in [5.74, 6) is 0.833. The minimum atomic E-state index is -3.61. The number of hydrogen-bond donors (Lipinski definition) is 1. The molecule has 1 N–H and O–H groups in total. The topological polar surface area (TPSA) is 95.5 Å². The molecule has 4 rings (SSSR count). The number of carbonyl (C=O) groups excluding carboxylic acids is 1. The zero-order chi connectivity index (χ0) is 23.8. The molecule has 33 heavy (non-hydrogen) atoms. The molecule has 0 unspecified atom stereocenters. The lowest BCUT2D eigenvalue weighted by molar-refractivity contribution is -0.129. The number of halogens is 1. The lowest BCUT2D eigenvalue weighted by atomic mass is 10.1. The molecule has 0 bridgehead atoms. The van der Waals surface area contributed by atoms with E-state index in [0.29, 0.717) is 57.1 Å². The standard InChI is InChI=1S/C23H30FN5O3S/c1-15(2)25-22-23(27-21-14-29(16(3)30)12-9-20(21)26-22)28-10-7-18(8-11-28)33(31,32)19-6-4-5-17(24)13-19/h4-6,13,15,18H,7-12,14H2,1-3H3,(H,25,26). The van der Waals surface area contributed by atoms with E-state index in [2.05, 4.69) is 10.2 Å². The van der Waals surface area contributed by atoms with Crippen LogP contribution in [0.15, 0.2) is 29.2 Å². The van der Waals surface area contributed by atoms with Gasteiger partial charge in [0.15, 0.2) is 21.5 Å². The van der Waals surface area contributed by atoms with Gasteiger partial charge in [-0.1, -0.05) is 6.07 Å². The Labute approximate surface area is 194 Å². The van der Waals surface area contributed by atoms with E-state index in [1.807, 2.05) is 13.8 Å². The molecule has 0 saturated carbocycles. The third-order valence-electron chi connectivity index (χ3n) is 6.17. The van der Waals surface area contributed by atoms with Gasteiger partial charge in [0, 0.05) is 39.0 Å². The Morgan fingerprint density at radius 2 is 1.88 bits per heavy atom. The molecule has 8 nitrogen and oxygen atoms in total. The first-order chi connectivity index (χ1) is 15.6. The fourth-order valence-corrected chi connectivity index (χ4v) is 6.16. The predicted octanol–water partition coefficient (Wildman–Crippen LogP) is 2.78. The lowest BCUT2D eigenvalue weighted by Crippen LogP contribution is -2.41. The third kappa shape index (κ3) is 4.95. The number of fused-ring (bicyclic) bond motifs is 1. The number of amides is 1. The minimum absolute atomic E-state index is 0.0109. The Morgan fingerprint density at radius 1 is 1.15 bits per heavy atom. The number of carbonyl (C=O) groups is 1. The molecule has 10 heteroatoms. The van der Waals surface area contributed by atoms with Gasteiger partial charge in [-0.15, -0.1) is 0 Å². The molecular weight excluding hydrogens is 445 g/mol. The van der Waals surface area contributed by atoms with E-state index < -0.39 is 20.9 Å². The second-order valence-electron chi connectivity index (χ2n) is 8.97. The highest BCUT2D eigenvalue weighted by atomic mass is 32.2. The summed E-state index contributed by atoms with van der Waals surface area (Å²) in [6, 6.07) is 5.35. The van der Waals surface area contributed by atoms with Gasteiger partial charge >= 0.3 is 0 Å². The van der Waals surface area contributed by atoms with Gasteiger partial charge in [-0.25, -0.2) is 22.8 Å². The van der Waals surface area contributed by atoms with E-state index in [0.717, 1.165) is 17.5 Å². The van der Waals surface area contributed by atoms with Crippen LogP contribution in [0.3, 0.4) is 0 Å². The molecule has 1 fully saturated rings. The highest BCUT2D eigenvalue weighted by Gasteiger charge is 2.33. The van der Waals surface area contributed by atoms with E-state index in [4.69, 9.17) is 9.97 Å². The third-order valence-corrected chi connectivity index (χ3v) is 8.43. The average molecular weight is 476 g/mol. The Balaban J connectivity index is 1.57. The van der Waals surface area contributed by atoms with Crippen LogP contribution in [0.5, 0.6) is 0 Å². The van der Waals surface area contributed by atoms with Crippen molar-refractivity contribution in [2.75, 3.05) is 29.9 Å². The molecule has 1 aromatic heterocycles. The van der Waals surface area contributed by atoms with Crippen LogP contribution in [0, 0.1) is 5.82 Å². The van der Waals surface area contributed by atoms with Crippen LogP contribution in [-0.2, 0) is 27.6 Å². The molecule has 0 atom stereocenters. The normalized spacial score (nSPS) is 17.2. The number of aromatic nitrogens is 2. The van der Waals surface area contributed by atoms with Gasteiger partial charge in [-0.3, -0.25) is 4.79 Å². The average Bonchev–Trinajstić information content (AvgIpc) is 2.78. The van der Waals surface area contributed by atoms with Crippen molar-refractivity contribution < 1.29 is 17.6 Å². The molecule has 2 aromatic rings. The molecule has 2 aliphatic rings. The molecule has 1 aromatic carbocycles. The van der Waals surface area contributed by atoms with Gasteiger partial charge < -0.3 is 15.1 Å². The van der Waals surface area contributed by atoms with Crippen molar-refractivity contribution in [1.82, 2.24) is 14.9 Å². The zero-order valence-electron chi connectivity index (χ0n) is 19.2. The molecule has 2 aliphatic heterocycles. The Bertz CT molecular complexity index is 1150. The van der Waals surface area contributed by atoms with Crippen LogP contribution in [0.4, 0.5) is 16.0 Å². The van der Waals surface area contributed by atoms with Crippen molar-refractivity contribution in [3.8, 4) is 0 Å². The second kappa shape index (κ2) is 9.24. The van der Waals surface area contributed by atoms with Crippen LogP contribution in [0.2, 0.25) is 0 Å². The quantitative estimate of drug-likeness (QED) is 0.710. The molecule has 1 saturated heterocycles. The molecule has 0 aliphatic carbocycles. The van der Waals surface area contributed by atoms with E-state index in [9.17, 15) is 17.6 Å². The van der Waals surface area contributed by atoms with E-state index in [1.165, 1.54) is 18.2 Å². The van der Waals surface area contributed by atoms with Gasteiger partial charge in [0.25, 0.3) is 0 Å². The molecular formula is C23H30FN5O3S. The van der Waals surface area contributed by atoms with Crippen molar-refractivity contribution in [2.45, 2.75) is 62.8 Å². The highest BCUT2D eigenvalue weighted by Crippen LogP contribution is 2.32. The maximum absolute atomic E-state index is 13.6. The lowest BCUT2D eigenvalue weighted by Gasteiger charge is -2.35. The molecule has 1 amide bonds. The number of hydrogen-bond acceptors (Lipinski definition) is 7. The monoisotopic (exact) mass is 475 g/mol. The molecule has 3 heterocycles. The summed E-state index contributed by atoms with van der Waals surface area (Å²) in [5, 5.41) is 2.80. The van der Waals surface area contributed by atoms with Crippen LogP contribution in [-0.4, -0.2) is 60.1 Å². The maximum Gasteiger partial charge on any atom is 0.219 e. The molecule has 0 radical (unpaired) electrons. The van der Waals surface area contributed by atoms with Crippen LogP contribution in [0.25, 0.3) is 0 Å². The van der Waals surface area contributed by atoms with Crippen molar-refractivity contribution in [3.05, 3.63) is 41.5 Å². The minimum Gasteiger partial charge on any atom is -0.365 e. The summed E-state index contributed by atoms with van der Waals surface area (Å²) in [4.78, 5) is 25.4. The van der Waals surface area contributed by atoms with Crippen LogP contribution < -0.4 is 10.2 Å². The van der Waals surface area contributed by atoms with Gasteiger partial charge in [0.2, 0.25) is 5.91 Å². The number of piperidine rings is 1. The number of rotatable bonds is 5. The van der Waals surface area contributed by atoms with Crippen LogP contribution >= 0.6 is 0 Å². The van der Waals surface area contributed by atoms with Crippen LogP contribution in [0.1, 0.15) is 45.0 Å². The molecule has 178 valence electrons. The Hall–Kier alpha value is -2.75. The smallest absolute Gasteiger partial charge is 0.219 e.